The zero-order valence-corrected chi connectivity index (χ0v) is 10.6. The van der Waals surface area contributed by atoms with Crippen molar-refractivity contribution in [3.05, 3.63) is 29.1 Å². The lowest BCUT2D eigenvalue weighted by atomic mass is 10.1. The van der Waals surface area contributed by atoms with Crippen LogP contribution in [0.3, 0.4) is 0 Å². The van der Waals surface area contributed by atoms with Crippen molar-refractivity contribution < 1.29 is 9.53 Å². The van der Waals surface area contributed by atoms with Crippen LogP contribution in [0.1, 0.15) is 28.5 Å². The number of carbonyl (C=O) groups is 1. The van der Waals surface area contributed by atoms with Crippen LogP contribution in [-0.2, 0) is 4.74 Å². The summed E-state index contributed by atoms with van der Waals surface area (Å²) in [6.45, 7) is 7.82. The van der Waals surface area contributed by atoms with Crippen molar-refractivity contribution in [1.82, 2.24) is 9.88 Å². The van der Waals surface area contributed by atoms with Gasteiger partial charge < -0.3 is 9.64 Å². The third-order valence-corrected chi connectivity index (χ3v) is 3.22. The number of hydrogen-bond acceptors (Lipinski definition) is 3. The van der Waals surface area contributed by atoms with Gasteiger partial charge in [0.05, 0.1) is 24.8 Å². The highest BCUT2D eigenvalue weighted by molar-refractivity contribution is 5.94. The average Bonchev–Trinajstić information content (AvgIpc) is 2.32. The Morgan fingerprint density at radius 2 is 2.29 bits per heavy atom. The lowest BCUT2D eigenvalue weighted by Crippen LogP contribution is -2.47. The monoisotopic (exact) mass is 234 g/mol. The lowest BCUT2D eigenvalue weighted by Gasteiger charge is -2.33. The molecule has 2 heterocycles. The highest BCUT2D eigenvalue weighted by atomic mass is 16.5. The SMILES string of the molecule is Cc1cc(C(=O)N2CCOCC2C)cnc1C. The molecule has 2 rings (SSSR count). The topological polar surface area (TPSA) is 42.4 Å². The van der Waals surface area contributed by atoms with Gasteiger partial charge in [-0.3, -0.25) is 9.78 Å². The second-order valence-electron chi connectivity index (χ2n) is 4.55. The second kappa shape index (κ2) is 4.84. The summed E-state index contributed by atoms with van der Waals surface area (Å²) < 4.78 is 5.33. The molecule has 1 unspecified atom stereocenters. The molecule has 1 aliphatic rings. The number of amides is 1. The Hall–Kier alpha value is -1.42. The van der Waals surface area contributed by atoms with Crippen molar-refractivity contribution in [1.29, 1.82) is 0 Å². The Labute approximate surface area is 102 Å². The fraction of sp³-hybridized carbons (Fsp3) is 0.538. The van der Waals surface area contributed by atoms with Crippen LogP contribution in [-0.4, -0.2) is 41.6 Å². The van der Waals surface area contributed by atoms with Crippen LogP contribution in [0.4, 0.5) is 0 Å². The number of hydrogen-bond donors (Lipinski definition) is 0. The molecule has 1 atom stereocenters. The minimum Gasteiger partial charge on any atom is -0.377 e. The van der Waals surface area contributed by atoms with Crippen LogP contribution in [0.5, 0.6) is 0 Å². The molecule has 0 spiro atoms. The molecule has 1 aromatic heterocycles. The molecule has 0 saturated carbocycles. The number of carbonyl (C=O) groups excluding carboxylic acids is 1. The third kappa shape index (κ3) is 2.47. The predicted molar refractivity (Wildman–Crippen MR) is 65.0 cm³/mol. The van der Waals surface area contributed by atoms with E-state index in [-0.39, 0.29) is 11.9 Å². The van der Waals surface area contributed by atoms with Crippen LogP contribution in [0.2, 0.25) is 0 Å². The number of pyridine rings is 1. The van der Waals surface area contributed by atoms with Gasteiger partial charge in [-0.25, -0.2) is 0 Å². The van der Waals surface area contributed by atoms with Crippen LogP contribution in [0, 0.1) is 13.8 Å². The average molecular weight is 234 g/mol. The first-order chi connectivity index (χ1) is 8.09. The summed E-state index contributed by atoms with van der Waals surface area (Å²) in [5.74, 6) is 0.0522. The van der Waals surface area contributed by atoms with E-state index in [1.165, 1.54) is 0 Å². The van der Waals surface area contributed by atoms with Gasteiger partial charge in [-0.2, -0.15) is 0 Å². The molecule has 0 aliphatic carbocycles. The van der Waals surface area contributed by atoms with Gasteiger partial charge in [0.2, 0.25) is 0 Å². The number of morpholine rings is 1. The first kappa shape index (κ1) is 12.0. The summed E-state index contributed by atoms with van der Waals surface area (Å²) in [5, 5.41) is 0. The number of aryl methyl sites for hydroxylation is 2. The molecular formula is C13H18N2O2. The van der Waals surface area contributed by atoms with E-state index in [0.717, 1.165) is 11.3 Å². The fourth-order valence-electron chi connectivity index (χ4n) is 1.95. The molecule has 1 aliphatic heterocycles. The standard InChI is InChI=1S/C13H18N2O2/c1-9-6-12(7-14-11(9)3)13(16)15-4-5-17-8-10(15)2/h6-7,10H,4-5,8H2,1-3H3. The van der Waals surface area contributed by atoms with E-state index in [0.29, 0.717) is 25.3 Å². The van der Waals surface area contributed by atoms with Crippen LogP contribution >= 0.6 is 0 Å². The summed E-state index contributed by atoms with van der Waals surface area (Å²) in [6, 6.07) is 2.05. The smallest absolute Gasteiger partial charge is 0.255 e. The van der Waals surface area contributed by atoms with E-state index < -0.39 is 0 Å². The molecule has 0 radical (unpaired) electrons. The molecule has 0 N–H and O–H groups in total. The minimum atomic E-state index is 0.0522. The molecule has 1 saturated heterocycles. The molecule has 4 heteroatoms. The highest BCUT2D eigenvalue weighted by Gasteiger charge is 2.24. The van der Waals surface area contributed by atoms with E-state index in [2.05, 4.69) is 4.98 Å². The zero-order valence-electron chi connectivity index (χ0n) is 10.6. The molecule has 0 bridgehead atoms. The van der Waals surface area contributed by atoms with Crippen LogP contribution in [0.15, 0.2) is 12.3 Å². The van der Waals surface area contributed by atoms with Gasteiger partial charge in [-0.05, 0) is 32.4 Å². The summed E-state index contributed by atoms with van der Waals surface area (Å²) in [5.41, 5.74) is 2.69. The van der Waals surface area contributed by atoms with E-state index in [1.54, 1.807) is 6.20 Å². The maximum absolute atomic E-state index is 12.3. The van der Waals surface area contributed by atoms with Crippen molar-refractivity contribution in [2.24, 2.45) is 0 Å². The zero-order chi connectivity index (χ0) is 12.4. The van der Waals surface area contributed by atoms with Crippen molar-refractivity contribution in [3.63, 3.8) is 0 Å². The fourth-order valence-corrected chi connectivity index (χ4v) is 1.95. The maximum atomic E-state index is 12.3. The maximum Gasteiger partial charge on any atom is 0.255 e. The predicted octanol–water partition coefficient (Wildman–Crippen LogP) is 1.56. The largest absolute Gasteiger partial charge is 0.377 e. The van der Waals surface area contributed by atoms with Gasteiger partial charge in [0, 0.05) is 18.4 Å². The van der Waals surface area contributed by atoms with Crippen LogP contribution < -0.4 is 0 Å². The van der Waals surface area contributed by atoms with Crippen molar-refractivity contribution in [2.75, 3.05) is 19.8 Å². The van der Waals surface area contributed by atoms with Gasteiger partial charge in [-0.15, -0.1) is 0 Å². The molecule has 1 amide bonds. The summed E-state index contributed by atoms with van der Waals surface area (Å²) in [4.78, 5) is 18.4. The Bertz CT molecular complexity index is 431. The van der Waals surface area contributed by atoms with Gasteiger partial charge in [0.25, 0.3) is 5.91 Å². The summed E-state index contributed by atoms with van der Waals surface area (Å²) in [7, 11) is 0. The number of rotatable bonds is 1. The first-order valence-electron chi connectivity index (χ1n) is 5.91. The van der Waals surface area contributed by atoms with E-state index in [4.69, 9.17) is 4.74 Å². The second-order valence-corrected chi connectivity index (χ2v) is 4.55. The lowest BCUT2D eigenvalue weighted by molar-refractivity contribution is 0.00356. The van der Waals surface area contributed by atoms with E-state index in [1.807, 2.05) is 31.7 Å². The summed E-state index contributed by atoms with van der Waals surface area (Å²) >= 11 is 0. The van der Waals surface area contributed by atoms with Gasteiger partial charge in [-0.1, -0.05) is 0 Å². The Morgan fingerprint density at radius 1 is 1.53 bits per heavy atom. The van der Waals surface area contributed by atoms with E-state index >= 15 is 0 Å². The highest BCUT2D eigenvalue weighted by Crippen LogP contribution is 2.13. The van der Waals surface area contributed by atoms with Gasteiger partial charge in [0.1, 0.15) is 0 Å². The van der Waals surface area contributed by atoms with E-state index in [9.17, 15) is 4.79 Å². The Morgan fingerprint density at radius 3 is 2.94 bits per heavy atom. The molecule has 1 fully saturated rings. The number of aromatic nitrogens is 1. The molecule has 1 aromatic rings. The minimum absolute atomic E-state index is 0.0522. The Balaban J connectivity index is 2.21. The molecular weight excluding hydrogens is 216 g/mol. The number of ether oxygens (including phenoxy) is 1. The van der Waals surface area contributed by atoms with Crippen molar-refractivity contribution in [3.8, 4) is 0 Å². The molecule has 17 heavy (non-hydrogen) atoms. The van der Waals surface area contributed by atoms with Crippen molar-refractivity contribution >= 4 is 5.91 Å². The van der Waals surface area contributed by atoms with Gasteiger partial charge >= 0.3 is 0 Å². The van der Waals surface area contributed by atoms with Crippen LogP contribution in [0.25, 0.3) is 0 Å². The summed E-state index contributed by atoms with van der Waals surface area (Å²) in [6.07, 6.45) is 1.66. The molecule has 4 nitrogen and oxygen atoms in total. The third-order valence-electron chi connectivity index (χ3n) is 3.22. The molecule has 92 valence electrons. The van der Waals surface area contributed by atoms with Gasteiger partial charge in [0.15, 0.2) is 0 Å². The quantitative estimate of drug-likeness (QED) is 0.740. The normalized spacial score (nSPS) is 20.4. The molecule has 0 aromatic carbocycles. The Kier molecular flexibility index (Phi) is 3.43. The first-order valence-corrected chi connectivity index (χ1v) is 5.91. The number of nitrogens with zero attached hydrogens (tertiary/aromatic N) is 2. The van der Waals surface area contributed by atoms with Crippen molar-refractivity contribution in [2.45, 2.75) is 26.8 Å².